The summed E-state index contributed by atoms with van der Waals surface area (Å²) in [5.74, 6) is -0.333. The van der Waals surface area contributed by atoms with E-state index in [9.17, 15) is 24.9 Å². The first-order valence-electron chi connectivity index (χ1n) is 12.2. The molecular formula is C27H34N4O5S. The zero-order chi connectivity index (χ0) is 27.2. The van der Waals surface area contributed by atoms with Crippen LogP contribution in [0.25, 0.3) is 0 Å². The standard InChI is InChI=1S/C27H34N4O5S/c1-4-12-31(21-11-13-37-27(35,36)15-21)23-10-7-19(26(2,3)16-24(32)33)14-22(23)30-25(34)29-20-8-5-18(17-28)6-9-20/h5-10,14,21,35-36H,4,11-13,15-16H2,1-3H3,(H,32,33)(H2,29,30,34). The number of hydrogen-bond acceptors (Lipinski definition) is 7. The quantitative estimate of drug-likeness (QED) is 0.295. The van der Waals surface area contributed by atoms with Crippen LogP contribution in [0.2, 0.25) is 0 Å². The molecule has 1 aliphatic rings. The Hall–Kier alpha value is -3.26. The molecule has 3 rings (SSSR count). The van der Waals surface area contributed by atoms with Crippen LogP contribution in [-0.4, -0.2) is 50.8 Å². The van der Waals surface area contributed by atoms with E-state index in [4.69, 9.17) is 5.26 Å². The number of carbonyl (C=O) groups is 2. The molecule has 0 saturated carbocycles. The highest BCUT2D eigenvalue weighted by atomic mass is 32.2. The normalized spacial score (nSPS) is 16.9. The molecule has 9 nitrogen and oxygen atoms in total. The van der Waals surface area contributed by atoms with E-state index in [0.29, 0.717) is 29.2 Å². The second-order valence-electron chi connectivity index (χ2n) is 9.89. The number of aliphatic carboxylic acids is 1. The summed E-state index contributed by atoms with van der Waals surface area (Å²) in [5, 5.41) is 42.9. The molecule has 37 heavy (non-hydrogen) atoms. The molecule has 1 heterocycles. The summed E-state index contributed by atoms with van der Waals surface area (Å²) in [7, 11) is 0. The van der Waals surface area contributed by atoms with E-state index in [0.717, 1.165) is 35.9 Å². The fourth-order valence-electron chi connectivity index (χ4n) is 4.53. The number of carbonyl (C=O) groups excluding carboxylic acids is 1. The molecule has 1 unspecified atom stereocenters. The van der Waals surface area contributed by atoms with Crippen LogP contribution < -0.4 is 15.5 Å². The van der Waals surface area contributed by atoms with E-state index in [-0.39, 0.29) is 18.9 Å². The monoisotopic (exact) mass is 526 g/mol. The van der Waals surface area contributed by atoms with Gasteiger partial charge < -0.3 is 30.9 Å². The Bertz CT molecular complexity index is 1160. The van der Waals surface area contributed by atoms with Crippen molar-refractivity contribution in [3.05, 3.63) is 53.6 Å². The molecule has 1 saturated heterocycles. The zero-order valence-electron chi connectivity index (χ0n) is 21.3. The number of thioether (sulfide) groups is 1. The topological polar surface area (TPSA) is 146 Å². The average molecular weight is 527 g/mol. The van der Waals surface area contributed by atoms with Gasteiger partial charge in [-0.2, -0.15) is 5.26 Å². The molecule has 1 fully saturated rings. The van der Waals surface area contributed by atoms with Gasteiger partial charge in [0.05, 0.1) is 29.4 Å². The molecule has 1 atom stereocenters. The number of nitriles is 1. The summed E-state index contributed by atoms with van der Waals surface area (Å²) in [6.07, 6.45) is 1.62. The Kier molecular flexibility index (Phi) is 9.07. The van der Waals surface area contributed by atoms with Gasteiger partial charge in [0.2, 0.25) is 5.12 Å². The van der Waals surface area contributed by atoms with E-state index in [1.165, 1.54) is 0 Å². The lowest BCUT2D eigenvalue weighted by Crippen LogP contribution is -2.45. The Morgan fingerprint density at radius 3 is 2.49 bits per heavy atom. The Balaban J connectivity index is 1.98. The summed E-state index contributed by atoms with van der Waals surface area (Å²) >= 11 is 1.11. The van der Waals surface area contributed by atoms with Crippen molar-refractivity contribution in [3.63, 3.8) is 0 Å². The van der Waals surface area contributed by atoms with E-state index in [1.807, 2.05) is 39.0 Å². The summed E-state index contributed by atoms with van der Waals surface area (Å²) in [5.41, 5.74) is 2.27. The molecule has 10 heteroatoms. The first-order valence-corrected chi connectivity index (χ1v) is 13.2. The summed E-state index contributed by atoms with van der Waals surface area (Å²) in [6, 6.07) is 13.4. The minimum atomic E-state index is -1.82. The molecule has 0 radical (unpaired) electrons. The van der Waals surface area contributed by atoms with Gasteiger partial charge in [0.15, 0.2) is 0 Å². The van der Waals surface area contributed by atoms with Gasteiger partial charge in [-0.05, 0) is 54.8 Å². The highest BCUT2D eigenvalue weighted by Crippen LogP contribution is 2.40. The summed E-state index contributed by atoms with van der Waals surface area (Å²) < 4.78 is 0. The van der Waals surface area contributed by atoms with Crippen LogP contribution in [-0.2, 0) is 10.2 Å². The maximum absolute atomic E-state index is 13.0. The Morgan fingerprint density at radius 2 is 1.89 bits per heavy atom. The number of anilines is 3. The predicted molar refractivity (Wildman–Crippen MR) is 146 cm³/mol. The molecule has 2 aromatic carbocycles. The number of nitrogens with one attached hydrogen (secondary N) is 2. The SMILES string of the molecule is CCCN(c1ccc(C(C)(C)CC(=O)O)cc1NC(=O)Nc1ccc(C#N)cc1)C1CCSC(O)(O)C1. The minimum absolute atomic E-state index is 0.0840. The lowest BCUT2D eigenvalue weighted by Gasteiger charge is -2.41. The van der Waals surface area contributed by atoms with Crippen molar-refractivity contribution in [1.82, 2.24) is 0 Å². The smallest absolute Gasteiger partial charge is 0.323 e. The number of aliphatic hydroxyl groups is 2. The van der Waals surface area contributed by atoms with Crippen LogP contribution in [0.15, 0.2) is 42.5 Å². The first kappa shape index (κ1) is 28.3. The van der Waals surface area contributed by atoms with Gasteiger partial charge in [-0.1, -0.05) is 38.6 Å². The summed E-state index contributed by atoms with van der Waals surface area (Å²) in [6.45, 7) is 6.34. The van der Waals surface area contributed by atoms with Crippen molar-refractivity contribution < 1.29 is 24.9 Å². The van der Waals surface area contributed by atoms with Gasteiger partial charge in [-0.15, -0.1) is 0 Å². The number of carboxylic acids is 1. The van der Waals surface area contributed by atoms with Crippen molar-refractivity contribution >= 4 is 40.8 Å². The third-order valence-electron chi connectivity index (χ3n) is 6.39. The van der Waals surface area contributed by atoms with Crippen molar-refractivity contribution in [2.45, 2.75) is 63.0 Å². The molecule has 0 bridgehead atoms. The number of nitrogens with zero attached hydrogens (tertiary/aromatic N) is 2. The highest BCUT2D eigenvalue weighted by Gasteiger charge is 2.36. The molecule has 0 aromatic heterocycles. The second-order valence-corrected chi connectivity index (χ2v) is 11.2. The molecule has 0 aliphatic carbocycles. The van der Waals surface area contributed by atoms with Crippen LogP contribution in [0, 0.1) is 11.3 Å². The number of urea groups is 1. The number of amides is 2. The number of carboxylic acid groups (broad SMARTS) is 1. The van der Waals surface area contributed by atoms with Gasteiger partial charge in [0.1, 0.15) is 0 Å². The number of hydrogen-bond donors (Lipinski definition) is 5. The summed E-state index contributed by atoms with van der Waals surface area (Å²) in [4.78, 5) is 26.6. The number of benzene rings is 2. The highest BCUT2D eigenvalue weighted by molar-refractivity contribution is 8.00. The van der Waals surface area contributed by atoms with Gasteiger partial charge >= 0.3 is 12.0 Å². The van der Waals surface area contributed by atoms with Crippen molar-refractivity contribution in [1.29, 1.82) is 5.26 Å². The predicted octanol–water partition coefficient (Wildman–Crippen LogP) is 4.70. The maximum atomic E-state index is 13.0. The van der Waals surface area contributed by atoms with Crippen LogP contribution in [0.5, 0.6) is 0 Å². The van der Waals surface area contributed by atoms with Gasteiger partial charge in [-0.25, -0.2) is 4.79 Å². The van der Waals surface area contributed by atoms with Gasteiger partial charge in [0.25, 0.3) is 0 Å². The van der Waals surface area contributed by atoms with Gasteiger partial charge in [-0.3, -0.25) is 4.79 Å². The van der Waals surface area contributed by atoms with Crippen molar-refractivity contribution in [2.24, 2.45) is 0 Å². The molecular weight excluding hydrogens is 492 g/mol. The molecule has 2 aromatic rings. The molecule has 5 N–H and O–H groups in total. The van der Waals surface area contributed by atoms with Crippen LogP contribution in [0.3, 0.4) is 0 Å². The fraction of sp³-hybridized carbons (Fsp3) is 0.444. The second kappa shape index (κ2) is 11.9. The fourth-order valence-corrected chi connectivity index (χ4v) is 5.56. The minimum Gasteiger partial charge on any atom is -0.481 e. The average Bonchev–Trinajstić information content (AvgIpc) is 2.81. The Labute approximate surface area is 221 Å². The third-order valence-corrected chi connectivity index (χ3v) is 7.46. The lowest BCUT2D eigenvalue weighted by atomic mass is 9.81. The van der Waals surface area contributed by atoms with E-state index in [1.54, 1.807) is 30.3 Å². The zero-order valence-corrected chi connectivity index (χ0v) is 22.1. The number of rotatable bonds is 9. The van der Waals surface area contributed by atoms with Crippen molar-refractivity contribution in [3.8, 4) is 6.07 Å². The van der Waals surface area contributed by atoms with Crippen LogP contribution in [0.4, 0.5) is 21.9 Å². The molecule has 1 aliphatic heterocycles. The molecule has 0 spiro atoms. The third kappa shape index (κ3) is 7.61. The van der Waals surface area contributed by atoms with E-state index < -0.39 is 22.5 Å². The lowest BCUT2D eigenvalue weighted by molar-refractivity contribution is -0.138. The Morgan fingerprint density at radius 1 is 1.19 bits per heavy atom. The molecule has 2 amide bonds. The van der Waals surface area contributed by atoms with Crippen LogP contribution >= 0.6 is 11.8 Å². The van der Waals surface area contributed by atoms with E-state index in [2.05, 4.69) is 15.5 Å². The first-order chi connectivity index (χ1) is 17.4. The maximum Gasteiger partial charge on any atom is 0.323 e. The largest absolute Gasteiger partial charge is 0.481 e. The van der Waals surface area contributed by atoms with Gasteiger partial charge in [0, 0.05) is 35.9 Å². The van der Waals surface area contributed by atoms with E-state index >= 15 is 0 Å². The van der Waals surface area contributed by atoms with Crippen LogP contribution in [0.1, 0.15) is 57.6 Å². The van der Waals surface area contributed by atoms with Crippen molar-refractivity contribution in [2.75, 3.05) is 27.8 Å². The molecule has 198 valence electrons.